The van der Waals surface area contributed by atoms with E-state index < -0.39 is 21.5 Å². The van der Waals surface area contributed by atoms with E-state index in [1.54, 1.807) is 13.8 Å². The van der Waals surface area contributed by atoms with Crippen LogP contribution in [-0.2, 0) is 28.4 Å². The molecule has 4 rings (SSSR count). The van der Waals surface area contributed by atoms with Crippen molar-refractivity contribution in [2.45, 2.75) is 69.5 Å². The van der Waals surface area contributed by atoms with Crippen molar-refractivity contribution in [3.05, 3.63) is 40.9 Å². The molecule has 2 aliphatic rings. The lowest BCUT2D eigenvalue weighted by atomic mass is 9.94. The molecule has 0 radical (unpaired) electrons. The predicted molar refractivity (Wildman–Crippen MR) is 113 cm³/mol. The number of hydrogen-bond acceptors (Lipinski definition) is 6. The molecule has 30 heavy (non-hydrogen) atoms. The summed E-state index contributed by atoms with van der Waals surface area (Å²) in [5.74, 6) is 0.872. The SMILES string of the molecule is CC(c1cnc2c(c1NC(=O)NS(=N)(=O)c1cc(C(C)(C)O)co1)CCC2)C1CC1. The second-order valence-corrected chi connectivity index (χ2v) is 10.5. The quantitative estimate of drug-likeness (QED) is 0.547. The molecule has 0 spiro atoms. The summed E-state index contributed by atoms with van der Waals surface area (Å²) in [5, 5.41) is 12.7. The Labute approximate surface area is 176 Å². The van der Waals surface area contributed by atoms with Gasteiger partial charge in [-0.15, -0.1) is 0 Å². The first-order valence-corrected chi connectivity index (χ1v) is 11.8. The standard InChI is InChI=1S/C21H28N4O4S/c1-12(13-7-8-13)16-10-23-17-6-4-5-15(17)19(16)24-20(26)25-30(22,28)18-9-14(11-29-18)21(2,3)27/h9-13,27H,4-8H2,1-3H3,(H3,22,23,24,25,26,28). The zero-order chi connectivity index (χ0) is 21.7. The third-order valence-corrected chi connectivity index (χ3v) is 7.25. The Balaban J connectivity index is 1.57. The number of fused-ring (bicyclic) bond motifs is 1. The fourth-order valence-electron chi connectivity index (χ4n) is 3.98. The van der Waals surface area contributed by atoms with Gasteiger partial charge in [0.05, 0.1) is 17.6 Å². The summed E-state index contributed by atoms with van der Waals surface area (Å²) in [7, 11) is -3.73. The molecule has 0 saturated heterocycles. The molecule has 2 aromatic heterocycles. The second kappa shape index (κ2) is 7.39. The first-order valence-electron chi connectivity index (χ1n) is 10.3. The minimum atomic E-state index is -3.73. The second-order valence-electron chi connectivity index (χ2n) is 8.82. The highest BCUT2D eigenvalue weighted by Crippen LogP contribution is 2.45. The zero-order valence-electron chi connectivity index (χ0n) is 17.4. The van der Waals surface area contributed by atoms with Gasteiger partial charge in [-0.1, -0.05) is 6.92 Å². The van der Waals surface area contributed by atoms with E-state index in [1.165, 1.54) is 25.2 Å². The minimum absolute atomic E-state index is 0.207. The fourth-order valence-corrected chi connectivity index (χ4v) is 4.87. The van der Waals surface area contributed by atoms with Crippen LogP contribution in [0.15, 0.2) is 28.0 Å². The highest BCUT2D eigenvalue weighted by molar-refractivity contribution is 7.91. The molecule has 2 aromatic rings. The normalized spacial score (nSPS) is 19.1. The Hall–Kier alpha value is -2.39. The van der Waals surface area contributed by atoms with Gasteiger partial charge >= 0.3 is 6.03 Å². The van der Waals surface area contributed by atoms with E-state index in [2.05, 4.69) is 21.9 Å². The van der Waals surface area contributed by atoms with E-state index in [1.807, 2.05) is 6.20 Å². The molecule has 2 heterocycles. The van der Waals surface area contributed by atoms with Gasteiger partial charge in [-0.3, -0.25) is 4.98 Å². The van der Waals surface area contributed by atoms with Crippen molar-refractivity contribution in [1.29, 1.82) is 4.78 Å². The molecule has 0 aromatic carbocycles. The van der Waals surface area contributed by atoms with Crippen LogP contribution >= 0.6 is 0 Å². The summed E-state index contributed by atoms with van der Waals surface area (Å²) >= 11 is 0. The van der Waals surface area contributed by atoms with Crippen molar-refractivity contribution in [2.24, 2.45) is 5.92 Å². The molecule has 2 aliphatic carbocycles. The fraction of sp³-hybridized carbons (Fsp3) is 0.524. The molecule has 2 amide bonds. The number of hydrogen-bond donors (Lipinski definition) is 4. The van der Waals surface area contributed by atoms with Gasteiger partial charge in [-0.05, 0) is 68.9 Å². The molecule has 2 atom stereocenters. The Bertz CT molecular complexity index is 1080. The summed E-state index contributed by atoms with van der Waals surface area (Å²) in [5.41, 5.74) is 2.93. The third kappa shape index (κ3) is 4.09. The van der Waals surface area contributed by atoms with Gasteiger partial charge in [0.2, 0.25) is 5.09 Å². The lowest BCUT2D eigenvalue weighted by Crippen LogP contribution is -2.34. The van der Waals surface area contributed by atoms with Crippen LogP contribution in [0, 0.1) is 10.7 Å². The number of aromatic nitrogens is 1. The monoisotopic (exact) mass is 432 g/mol. The van der Waals surface area contributed by atoms with Gasteiger partial charge in [-0.25, -0.2) is 18.5 Å². The number of rotatable bonds is 6. The van der Waals surface area contributed by atoms with Gasteiger partial charge in [0.15, 0.2) is 9.92 Å². The number of nitrogens with zero attached hydrogens (tertiary/aromatic N) is 1. The topological polar surface area (TPSA) is 128 Å². The van der Waals surface area contributed by atoms with Crippen molar-refractivity contribution in [3.63, 3.8) is 0 Å². The van der Waals surface area contributed by atoms with Crippen LogP contribution in [0.5, 0.6) is 0 Å². The minimum Gasteiger partial charge on any atom is -0.452 e. The largest absolute Gasteiger partial charge is 0.452 e. The highest BCUT2D eigenvalue weighted by Gasteiger charge is 2.33. The smallest absolute Gasteiger partial charge is 0.332 e. The zero-order valence-corrected chi connectivity index (χ0v) is 18.3. The van der Waals surface area contributed by atoms with Crippen molar-refractivity contribution in [2.75, 3.05) is 5.32 Å². The summed E-state index contributed by atoms with van der Waals surface area (Å²) in [4.78, 5) is 17.3. The molecule has 4 N–H and O–H groups in total. The maximum Gasteiger partial charge on any atom is 0.332 e. The summed E-state index contributed by atoms with van der Waals surface area (Å²) in [6.45, 7) is 5.26. The molecule has 1 fully saturated rings. The lowest BCUT2D eigenvalue weighted by Gasteiger charge is -2.20. The van der Waals surface area contributed by atoms with Crippen LogP contribution in [-0.4, -0.2) is 20.3 Å². The number of anilines is 1. The number of aliphatic hydroxyl groups is 1. The number of urea groups is 1. The molecule has 0 bridgehead atoms. The van der Waals surface area contributed by atoms with E-state index in [0.29, 0.717) is 11.5 Å². The van der Waals surface area contributed by atoms with Gasteiger partial charge in [-0.2, -0.15) is 0 Å². The first kappa shape index (κ1) is 20.9. The van der Waals surface area contributed by atoms with Crippen LogP contribution < -0.4 is 10.0 Å². The highest BCUT2D eigenvalue weighted by atomic mass is 32.2. The molecule has 1 saturated carbocycles. The van der Waals surface area contributed by atoms with Crippen molar-refractivity contribution in [1.82, 2.24) is 9.71 Å². The summed E-state index contributed by atoms with van der Waals surface area (Å²) < 4.78 is 28.4. The Kier molecular flexibility index (Phi) is 5.14. The predicted octanol–water partition coefficient (Wildman–Crippen LogP) is 4.05. The van der Waals surface area contributed by atoms with Gasteiger partial charge in [0, 0.05) is 23.5 Å². The first-order chi connectivity index (χ1) is 14.1. The Morgan fingerprint density at radius 2 is 2.13 bits per heavy atom. The van der Waals surface area contributed by atoms with Gasteiger partial charge in [0.25, 0.3) is 0 Å². The van der Waals surface area contributed by atoms with Crippen LogP contribution in [0.25, 0.3) is 0 Å². The summed E-state index contributed by atoms with van der Waals surface area (Å²) in [6, 6.07) is 0.612. The molecular weight excluding hydrogens is 404 g/mol. The molecular formula is C21H28N4O4S. The number of pyridine rings is 1. The number of carbonyl (C=O) groups excluding carboxylic acids is 1. The van der Waals surface area contributed by atoms with Crippen LogP contribution in [0.4, 0.5) is 10.5 Å². The maximum absolute atomic E-state index is 12.8. The van der Waals surface area contributed by atoms with Crippen LogP contribution in [0.3, 0.4) is 0 Å². The number of amides is 2. The van der Waals surface area contributed by atoms with E-state index in [9.17, 15) is 14.1 Å². The number of furan rings is 1. The van der Waals surface area contributed by atoms with Crippen molar-refractivity contribution >= 4 is 21.6 Å². The van der Waals surface area contributed by atoms with Gasteiger partial charge in [0.1, 0.15) is 0 Å². The van der Waals surface area contributed by atoms with Crippen molar-refractivity contribution in [3.8, 4) is 0 Å². The lowest BCUT2D eigenvalue weighted by molar-refractivity contribution is 0.0779. The average molecular weight is 433 g/mol. The molecule has 2 unspecified atom stereocenters. The maximum atomic E-state index is 12.8. The number of carbonyl (C=O) groups is 1. The third-order valence-electron chi connectivity index (χ3n) is 6.00. The molecule has 0 aliphatic heterocycles. The Morgan fingerprint density at radius 3 is 2.77 bits per heavy atom. The number of nitrogens with one attached hydrogen (secondary N) is 3. The van der Waals surface area contributed by atoms with E-state index in [-0.39, 0.29) is 11.0 Å². The molecule has 162 valence electrons. The van der Waals surface area contributed by atoms with E-state index in [0.717, 1.165) is 41.8 Å². The summed E-state index contributed by atoms with van der Waals surface area (Å²) in [6.07, 6.45) is 8.15. The molecule has 8 nitrogen and oxygen atoms in total. The average Bonchev–Trinajstić information content (AvgIpc) is 3.16. The van der Waals surface area contributed by atoms with Gasteiger partial charge < -0.3 is 14.8 Å². The van der Waals surface area contributed by atoms with Crippen molar-refractivity contribution < 1.29 is 18.5 Å². The van der Waals surface area contributed by atoms with E-state index >= 15 is 0 Å². The molecule has 9 heteroatoms. The Morgan fingerprint density at radius 1 is 1.40 bits per heavy atom. The number of aryl methyl sites for hydroxylation is 1. The van der Waals surface area contributed by atoms with E-state index in [4.69, 9.17) is 9.20 Å². The van der Waals surface area contributed by atoms with Crippen LogP contribution in [0.1, 0.15) is 68.3 Å². The van der Waals surface area contributed by atoms with Crippen LogP contribution in [0.2, 0.25) is 0 Å².